The minimum atomic E-state index is -0.336. The first-order chi connectivity index (χ1) is 7.15. The summed E-state index contributed by atoms with van der Waals surface area (Å²) in [6, 6.07) is 7.46. The molecule has 0 aliphatic carbocycles. The minimum absolute atomic E-state index is 0.252. The molecule has 1 atom stereocenters. The summed E-state index contributed by atoms with van der Waals surface area (Å²) in [4.78, 5) is 11.0. The second-order valence-corrected chi connectivity index (χ2v) is 4.53. The Balaban J connectivity index is 2.62. The van der Waals surface area contributed by atoms with Crippen molar-refractivity contribution in [1.82, 2.24) is 0 Å². The van der Waals surface area contributed by atoms with Crippen LogP contribution in [0, 0.1) is 0 Å². The molecule has 0 unspecified atom stereocenters. The molecule has 0 amide bonds. The standard InChI is InChI=1S/C11H12BrClO2/c1-2-15-11(14)9(12)7-8-5-3-4-6-10(8)13/h3-6,9H,2,7H2,1H3/t9-/m0/s1. The third-order valence-electron chi connectivity index (χ3n) is 1.90. The van der Waals surface area contributed by atoms with Crippen molar-refractivity contribution in [2.24, 2.45) is 0 Å². The molecule has 0 saturated carbocycles. The van der Waals surface area contributed by atoms with Gasteiger partial charge in [-0.15, -0.1) is 0 Å². The van der Waals surface area contributed by atoms with Crippen molar-refractivity contribution in [3.05, 3.63) is 34.9 Å². The highest BCUT2D eigenvalue weighted by molar-refractivity contribution is 9.10. The first-order valence-electron chi connectivity index (χ1n) is 4.69. The quantitative estimate of drug-likeness (QED) is 0.629. The lowest BCUT2D eigenvalue weighted by Crippen LogP contribution is -2.19. The fourth-order valence-corrected chi connectivity index (χ4v) is 1.87. The fraction of sp³-hybridized carbons (Fsp3) is 0.364. The van der Waals surface area contributed by atoms with Gasteiger partial charge in [0.15, 0.2) is 0 Å². The number of esters is 1. The van der Waals surface area contributed by atoms with Gasteiger partial charge in [0.25, 0.3) is 0 Å². The first-order valence-corrected chi connectivity index (χ1v) is 5.98. The lowest BCUT2D eigenvalue weighted by atomic mass is 10.1. The van der Waals surface area contributed by atoms with E-state index in [1.54, 1.807) is 6.92 Å². The van der Waals surface area contributed by atoms with Gasteiger partial charge in [-0.3, -0.25) is 4.79 Å². The Kier molecular flexibility index (Phi) is 5.12. The number of hydrogen-bond donors (Lipinski definition) is 0. The van der Waals surface area contributed by atoms with Gasteiger partial charge in [-0.2, -0.15) is 0 Å². The zero-order chi connectivity index (χ0) is 11.3. The highest BCUT2D eigenvalue weighted by atomic mass is 79.9. The van der Waals surface area contributed by atoms with E-state index in [-0.39, 0.29) is 10.8 Å². The van der Waals surface area contributed by atoms with Crippen LogP contribution in [0.3, 0.4) is 0 Å². The lowest BCUT2D eigenvalue weighted by molar-refractivity contribution is -0.142. The largest absolute Gasteiger partial charge is 0.465 e. The summed E-state index contributed by atoms with van der Waals surface area (Å²) in [7, 11) is 0. The Morgan fingerprint density at radius 1 is 1.53 bits per heavy atom. The van der Waals surface area contributed by atoms with Gasteiger partial charge >= 0.3 is 5.97 Å². The lowest BCUT2D eigenvalue weighted by Gasteiger charge is -2.09. The monoisotopic (exact) mass is 290 g/mol. The van der Waals surface area contributed by atoms with E-state index < -0.39 is 0 Å². The Morgan fingerprint density at radius 2 is 2.20 bits per heavy atom. The topological polar surface area (TPSA) is 26.3 Å². The van der Waals surface area contributed by atoms with Gasteiger partial charge in [-0.05, 0) is 25.0 Å². The molecule has 0 radical (unpaired) electrons. The minimum Gasteiger partial charge on any atom is -0.465 e. The van der Waals surface area contributed by atoms with E-state index in [1.165, 1.54) is 0 Å². The zero-order valence-electron chi connectivity index (χ0n) is 8.37. The number of alkyl halides is 1. The highest BCUT2D eigenvalue weighted by Gasteiger charge is 2.17. The molecule has 0 heterocycles. The van der Waals surface area contributed by atoms with Crippen molar-refractivity contribution in [1.29, 1.82) is 0 Å². The smallest absolute Gasteiger partial charge is 0.320 e. The van der Waals surface area contributed by atoms with Crippen molar-refractivity contribution in [3.8, 4) is 0 Å². The molecule has 82 valence electrons. The molecule has 0 aliphatic rings. The summed E-state index contributed by atoms with van der Waals surface area (Å²) >= 11 is 9.26. The zero-order valence-corrected chi connectivity index (χ0v) is 10.7. The van der Waals surface area contributed by atoms with Crippen LogP contribution in [0.25, 0.3) is 0 Å². The van der Waals surface area contributed by atoms with E-state index in [1.807, 2.05) is 24.3 Å². The van der Waals surface area contributed by atoms with Gasteiger partial charge in [0.1, 0.15) is 4.83 Å². The highest BCUT2D eigenvalue weighted by Crippen LogP contribution is 2.19. The molecule has 1 aromatic carbocycles. The Morgan fingerprint density at radius 3 is 2.80 bits per heavy atom. The summed E-state index contributed by atoms with van der Waals surface area (Å²) in [5.74, 6) is -0.252. The molecule has 0 saturated heterocycles. The number of carbonyl (C=O) groups excluding carboxylic acids is 1. The molecule has 4 heteroatoms. The van der Waals surface area contributed by atoms with Crippen LogP contribution in [0.4, 0.5) is 0 Å². The third-order valence-corrected chi connectivity index (χ3v) is 2.97. The van der Waals surface area contributed by atoms with E-state index in [0.717, 1.165) is 5.56 Å². The first kappa shape index (κ1) is 12.5. The van der Waals surface area contributed by atoms with E-state index >= 15 is 0 Å². The van der Waals surface area contributed by atoms with Crippen LogP contribution in [-0.2, 0) is 16.0 Å². The number of hydrogen-bond acceptors (Lipinski definition) is 2. The summed E-state index contributed by atoms with van der Waals surface area (Å²) in [5.41, 5.74) is 0.939. The van der Waals surface area contributed by atoms with Crippen LogP contribution < -0.4 is 0 Å². The summed E-state index contributed by atoms with van der Waals surface area (Å²) < 4.78 is 4.89. The van der Waals surface area contributed by atoms with Gasteiger partial charge in [0.05, 0.1) is 6.61 Å². The number of halogens is 2. The fourth-order valence-electron chi connectivity index (χ4n) is 1.17. The molecule has 15 heavy (non-hydrogen) atoms. The van der Waals surface area contributed by atoms with Crippen LogP contribution in [0.15, 0.2) is 24.3 Å². The summed E-state index contributed by atoms with van der Waals surface area (Å²) in [6.45, 7) is 2.18. The van der Waals surface area contributed by atoms with Crippen LogP contribution in [0.2, 0.25) is 5.02 Å². The molecule has 0 spiro atoms. The number of benzene rings is 1. The van der Waals surface area contributed by atoms with E-state index in [4.69, 9.17) is 16.3 Å². The van der Waals surface area contributed by atoms with Crippen molar-refractivity contribution < 1.29 is 9.53 Å². The van der Waals surface area contributed by atoms with Gasteiger partial charge in [-0.1, -0.05) is 45.7 Å². The molecular formula is C11H12BrClO2. The van der Waals surface area contributed by atoms with E-state index in [0.29, 0.717) is 18.1 Å². The maximum absolute atomic E-state index is 11.3. The Hall–Kier alpha value is -0.540. The maximum Gasteiger partial charge on any atom is 0.320 e. The van der Waals surface area contributed by atoms with E-state index in [9.17, 15) is 4.79 Å². The molecule has 2 nitrogen and oxygen atoms in total. The Bertz CT molecular complexity index is 341. The van der Waals surface area contributed by atoms with Gasteiger partial charge < -0.3 is 4.74 Å². The van der Waals surface area contributed by atoms with Gasteiger partial charge in [0, 0.05) is 5.02 Å². The Labute approximate surface area is 103 Å². The summed E-state index contributed by atoms with van der Waals surface area (Å²) in [5, 5.41) is 0.672. The SMILES string of the molecule is CCOC(=O)[C@@H](Br)Cc1ccccc1Cl. The van der Waals surface area contributed by atoms with Crippen molar-refractivity contribution in [2.45, 2.75) is 18.2 Å². The van der Waals surface area contributed by atoms with Gasteiger partial charge in [-0.25, -0.2) is 0 Å². The molecule has 0 bridgehead atoms. The predicted octanol–water partition coefficient (Wildman–Crippen LogP) is 3.21. The van der Waals surface area contributed by atoms with Crippen molar-refractivity contribution >= 4 is 33.5 Å². The number of rotatable bonds is 4. The molecule has 0 fully saturated rings. The summed E-state index contributed by atoms with van der Waals surface area (Å²) in [6.07, 6.45) is 0.540. The molecule has 1 rings (SSSR count). The molecule has 1 aromatic rings. The van der Waals surface area contributed by atoms with Crippen LogP contribution in [-0.4, -0.2) is 17.4 Å². The molecule has 0 aromatic heterocycles. The third kappa shape index (κ3) is 3.84. The average molecular weight is 292 g/mol. The normalized spacial score (nSPS) is 12.2. The average Bonchev–Trinajstić information content (AvgIpc) is 2.21. The number of carbonyl (C=O) groups is 1. The van der Waals surface area contributed by atoms with Crippen LogP contribution in [0.5, 0.6) is 0 Å². The molecule has 0 aliphatic heterocycles. The van der Waals surface area contributed by atoms with Crippen molar-refractivity contribution in [2.75, 3.05) is 6.61 Å². The van der Waals surface area contributed by atoms with Gasteiger partial charge in [0.2, 0.25) is 0 Å². The van der Waals surface area contributed by atoms with Crippen LogP contribution >= 0.6 is 27.5 Å². The number of ether oxygens (including phenoxy) is 1. The molecular weight excluding hydrogens is 279 g/mol. The van der Waals surface area contributed by atoms with Crippen molar-refractivity contribution in [3.63, 3.8) is 0 Å². The van der Waals surface area contributed by atoms with Crippen LogP contribution in [0.1, 0.15) is 12.5 Å². The molecule has 0 N–H and O–H groups in total. The maximum atomic E-state index is 11.3. The second-order valence-electron chi connectivity index (χ2n) is 3.02. The predicted molar refractivity (Wildman–Crippen MR) is 64.5 cm³/mol. The second kappa shape index (κ2) is 6.13. The van der Waals surface area contributed by atoms with E-state index in [2.05, 4.69) is 15.9 Å².